The maximum atomic E-state index is 16.0. The van der Waals surface area contributed by atoms with Crippen LogP contribution in [0.15, 0.2) is 72.5 Å². The molecule has 20 nitrogen and oxygen atoms in total. The highest BCUT2D eigenvalue weighted by atomic mass is 32.1. The van der Waals surface area contributed by atoms with E-state index in [-0.39, 0.29) is 84.7 Å². The number of thiazole rings is 1. The van der Waals surface area contributed by atoms with Crippen LogP contribution >= 0.6 is 11.3 Å². The van der Waals surface area contributed by atoms with Gasteiger partial charge in [-0.3, -0.25) is 28.8 Å². The summed E-state index contributed by atoms with van der Waals surface area (Å²) in [6.07, 6.45) is 12.8. The molecule has 22 heteroatoms. The number of anilines is 3. The third-order valence-corrected chi connectivity index (χ3v) is 23.0. The maximum Gasteiger partial charge on any atom is 0.251 e. The van der Waals surface area contributed by atoms with Gasteiger partial charge in [0.25, 0.3) is 5.91 Å². The van der Waals surface area contributed by atoms with Crippen LogP contribution < -0.4 is 26.2 Å². The van der Waals surface area contributed by atoms with Gasteiger partial charge in [0.05, 0.1) is 56.9 Å². The fraction of sp³-hybridized carbons (Fsp3) is 0.571. The molecule has 0 bridgehead atoms. The molecule has 1 saturated carbocycles. The SMILES string of the molecule is Cc1cc(F)c(Nc2nc(-c3ccc4c(c3)N([C@H]3C[C@@H](N5CCCCC5)C3)C(=O)C43CCN(C(=O)CCN4CCC(CCCCC(=O)N[C@H](C(=O)N5C[C@H](O)C[C@H]5C(=O)N[C@@H](C)c5ccc(-c6scnc6C)cc5)C(C)(C)C)CC4)CC3)cc3ncn(C(C)C)c23)cc1C(=O)NC(C)C. The van der Waals surface area contributed by atoms with Crippen LogP contribution in [-0.2, 0) is 29.4 Å². The van der Waals surface area contributed by atoms with E-state index in [4.69, 9.17) is 9.97 Å². The van der Waals surface area contributed by atoms with Crippen LogP contribution in [-0.4, -0.2) is 168 Å². The number of aliphatic hydroxyl groups excluding tert-OH is 1. The van der Waals surface area contributed by atoms with Crippen molar-refractivity contribution in [1.29, 1.82) is 0 Å². The first-order chi connectivity index (χ1) is 47.3. The van der Waals surface area contributed by atoms with E-state index in [1.54, 1.807) is 30.7 Å². The van der Waals surface area contributed by atoms with Crippen LogP contribution in [0.2, 0.25) is 0 Å². The van der Waals surface area contributed by atoms with Gasteiger partial charge in [-0.05, 0) is 190 Å². The summed E-state index contributed by atoms with van der Waals surface area (Å²) in [6, 6.07) is 17.4. The number of β-amino-alcohol motifs (C(OH)–C–C–N with tert-alkyl or cyclic N) is 1. The number of aromatic nitrogens is 4. The number of carbonyl (C=O) groups is 6. The number of nitrogens with zero attached hydrogens (tertiary/aromatic N) is 9. The molecule has 12 rings (SSSR count). The largest absolute Gasteiger partial charge is 0.391 e. The second-order valence-corrected chi connectivity index (χ2v) is 31.6. The molecule has 6 aliphatic rings. The number of imidazole rings is 1. The lowest BCUT2D eigenvalue weighted by Crippen LogP contribution is -2.58. The predicted molar refractivity (Wildman–Crippen MR) is 386 cm³/mol. The van der Waals surface area contributed by atoms with Crippen molar-refractivity contribution < 1.29 is 38.3 Å². The van der Waals surface area contributed by atoms with Crippen LogP contribution in [0.25, 0.3) is 32.7 Å². The summed E-state index contributed by atoms with van der Waals surface area (Å²) < 4.78 is 18.0. The van der Waals surface area contributed by atoms with E-state index < -0.39 is 34.8 Å². The number of carbonyl (C=O) groups excluding carboxylic acids is 6. The Kier molecular flexibility index (Phi) is 21.5. The predicted octanol–water partition coefficient (Wildman–Crippen LogP) is 11.7. The topological polar surface area (TPSA) is 231 Å². The number of halogens is 1. The number of aliphatic hydroxyl groups is 1. The number of amides is 6. The molecule has 5 fully saturated rings. The van der Waals surface area contributed by atoms with E-state index in [0.717, 1.165) is 103 Å². The van der Waals surface area contributed by atoms with Gasteiger partial charge in [0, 0.05) is 86.4 Å². The number of aryl methyl sites for hydroxylation is 2. The Morgan fingerprint density at radius 1 is 0.798 bits per heavy atom. The van der Waals surface area contributed by atoms with Gasteiger partial charge in [-0.15, -0.1) is 11.3 Å². The molecule has 0 radical (unpaired) electrons. The number of likely N-dealkylation sites (tertiary alicyclic amines) is 4. The monoisotopic (exact) mass is 1370 g/mol. The van der Waals surface area contributed by atoms with Gasteiger partial charge < -0.3 is 55.4 Å². The number of rotatable bonds is 22. The van der Waals surface area contributed by atoms with Gasteiger partial charge in [0.1, 0.15) is 23.4 Å². The maximum absolute atomic E-state index is 16.0. The zero-order valence-electron chi connectivity index (χ0n) is 59.6. The van der Waals surface area contributed by atoms with Gasteiger partial charge in [-0.1, -0.05) is 76.4 Å². The highest BCUT2D eigenvalue weighted by molar-refractivity contribution is 7.13. The third-order valence-electron chi connectivity index (χ3n) is 22.0. The van der Waals surface area contributed by atoms with Crippen molar-refractivity contribution in [2.24, 2.45) is 11.3 Å². The summed E-state index contributed by atoms with van der Waals surface area (Å²) >= 11 is 1.58. The number of piperidine rings is 3. The fourth-order valence-corrected chi connectivity index (χ4v) is 16.9. The molecule has 3 aromatic carbocycles. The van der Waals surface area contributed by atoms with Crippen LogP contribution in [0.3, 0.4) is 0 Å². The summed E-state index contributed by atoms with van der Waals surface area (Å²) in [7, 11) is 0. The van der Waals surface area contributed by atoms with Crippen molar-refractivity contribution in [2.75, 3.05) is 62.6 Å². The normalized spacial score (nSPS) is 21.3. The first kappa shape index (κ1) is 71.2. The summed E-state index contributed by atoms with van der Waals surface area (Å²) in [5, 5.41) is 23.1. The van der Waals surface area contributed by atoms with Crippen LogP contribution in [0.4, 0.5) is 21.6 Å². The lowest BCUT2D eigenvalue weighted by Gasteiger charge is -2.48. The molecule has 5 N–H and O–H groups in total. The third kappa shape index (κ3) is 15.3. The number of nitrogens with one attached hydrogen (secondary N) is 4. The Morgan fingerprint density at radius 2 is 1.52 bits per heavy atom. The molecule has 1 spiro atoms. The molecular weight excluding hydrogens is 1270 g/mol. The summed E-state index contributed by atoms with van der Waals surface area (Å²) in [5.74, 6) is -0.600. The van der Waals surface area contributed by atoms with Crippen molar-refractivity contribution in [3.05, 3.63) is 106 Å². The molecule has 8 heterocycles. The average Bonchev–Trinajstić information content (AvgIpc) is 1.56. The molecule has 530 valence electrons. The van der Waals surface area contributed by atoms with Gasteiger partial charge >= 0.3 is 0 Å². The Balaban J connectivity index is 0.634. The Hall–Kier alpha value is -7.66. The Labute approximate surface area is 586 Å². The quantitative estimate of drug-likeness (QED) is 0.0399. The van der Waals surface area contributed by atoms with Crippen LogP contribution in [0.1, 0.15) is 197 Å². The first-order valence-electron chi connectivity index (χ1n) is 36.4. The fourth-order valence-electron chi connectivity index (χ4n) is 16.1. The molecule has 0 unspecified atom stereocenters. The minimum Gasteiger partial charge on any atom is -0.391 e. The highest BCUT2D eigenvalue weighted by Gasteiger charge is 2.56. The van der Waals surface area contributed by atoms with Crippen molar-refractivity contribution in [2.45, 2.75) is 219 Å². The van der Waals surface area contributed by atoms with Crippen LogP contribution in [0.5, 0.6) is 0 Å². The smallest absolute Gasteiger partial charge is 0.251 e. The summed E-state index contributed by atoms with van der Waals surface area (Å²) in [5.41, 5.74) is 8.99. The minimum absolute atomic E-state index is 0.00760. The zero-order valence-corrected chi connectivity index (χ0v) is 60.4. The highest BCUT2D eigenvalue weighted by Crippen LogP contribution is 2.52. The van der Waals surface area contributed by atoms with E-state index in [0.29, 0.717) is 90.9 Å². The molecule has 1 aliphatic carbocycles. The van der Waals surface area contributed by atoms with Gasteiger partial charge in [-0.2, -0.15) is 0 Å². The zero-order chi connectivity index (χ0) is 70.2. The molecule has 99 heavy (non-hydrogen) atoms. The standard InChI is InChI=1S/C77H102FN13O7S/c1-46(2)81-72(95)58-41-62(60(78)36-48(58)5)84-71-68-63(79-44-90(68)47(3)4)42-61(83-71)54-22-23-59-64(37-54)91(56-38-55(39-56)87-29-14-11-15-30-87)75(98)77(59)27-34-88(35-28-77)67(94)26-33-86-31-24-51(25-32-86)16-12-13-17-66(93)85-70(76(8,9)10)74(97)89-43-57(92)40-65(89)73(96)82-49(6)52-18-20-53(21-19-52)69-50(7)80-45-99-69/h18-23,36-37,41-42,44-47,49,51,55-57,65,70,92H,11-17,24-35,38-40,43H2,1-10H3,(H,81,95)(H,82,96)(H,83,84)(H,85,93)/t49-,55-,56+,57+,65-,70+/m0/s1. The van der Waals surface area contributed by atoms with E-state index in [9.17, 15) is 29.1 Å². The molecule has 6 aromatic rings. The lowest BCUT2D eigenvalue weighted by atomic mass is 9.73. The number of benzene rings is 3. The number of fused-ring (bicyclic) bond motifs is 3. The van der Waals surface area contributed by atoms with Crippen molar-refractivity contribution in [3.8, 4) is 21.7 Å². The number of pyridine rings is 1. The van der Waals surface area contributed by atoms with E-state index in [1.165, 1.54) is 30.2 Å². The Morgan fingerprint density at radius 3 is 2.19 bits per heavy atom. The number of hydrogen-bond acceptors (Lipinski definition) is 14. The van der Waals surface area contributed by atoms with Gasteiger partial charge in [-0.25, -0.2) is 19.3 Å². The van der Waals surface area contributed by atoms with Crippen molar-refractivity contribution >= 4 is 75.0 Å². The number of unbranched alkanes of at least 4 members (excludes halogenated alkanes) is 1. The van der Waals surface area contributed by atoms with E-state index in [2.05, 4.69) is 66.9 Å². The van der Waals surface area contributed by atoms with Gasteiger partial charge in [0.15, 0.2) is 5.82 Å². The summed E-state index contributed by atoms with van der Waals surface area (Å²) in [4.78, 5) is 111. The number of hydrogen-bond donors (Lipinski definition) is 5. The lowest BCUT2D eigenvalue weighted by molar-refractivity contribution is -0.144. The Bertz CT molecular complexity index is 3950. The minimum atomic E-state index is -0.892. The van der Waals surface area contributed by atoms with Crippen LogP contribution in [0, 0.1) is 31.0 Å². The van der Waals surface area contributed by atoms with E-state index in [1.807, 2.05) is 99.8 Å². The first-order valence-corrected chi connectivity index (χ1v) is 37.3. The second-order valence-electron chi connectivity index (χ2n) is 30.8. The van der Waals surface area contributed by atoms with Crippen molar-refractivity contribution in [1.82, 2.24) is 55.1 Å². The summed E-state index contributed by atoms with van der Waals surface area (Å²) in [6.45, 7) is 24.8. The molecule has 6 amide bonds. The van der Waals surface area contributed by atoms with Crippen molar-refractivity contribution in [3.63, 3.8) is 0 Å². The molecule has 5 aliphatic heterocycles. The molecule has 4 saturated heterocycles. The van der Waals surface area contributed by atoms with Gasteiger partial charge in [0.2, 0.25) is 29.5 Å². The molecule has 3 aromatic heterocycles. The molecular formula is C77H102FN13O7S. The molecule has 4 atom stereocenters. The van der Waals surface area contributed by atoms with E-state index >= 15 is 9.18 Å². The average molecular weight is 1370 g/mol. The second kappa shape index (κ2) is 29.9.